The molecule has 6 nitrogen and oxygen atoms in total. The molecule has 196 valence electrons. The minimum atomic E-state index is -0.656. The van der Waals surface area contributed by atoms with Gasteiger partial charge in [-0.15, -0.1) is 0 Å². The molecule has 4 aliphatic carbocycles. The lowest BCUT2D eigenvalue weighted by Crippen LogP contribution is -2.59. The van der Waals surface area contributed by atoms with E-state index >= 15 is 0 Å². The Morgan fingerprint density at radius 2 is 1.91 bits per heavy atom. The highest BCUT2D eigenvalue weighted by molar-refractivity contribution is 5.78. The number of methoxy groups -OCH3 is 1. The monoisotopic (exact) mass is 485 g/mol. The van der Waals surface area contributed by atoms with Crippen molar-refractivity contribution in [3.63, 3.8) is 0 Å². The van der Waals surface area contributed by atoms with Crippen molar-refractivity contribution in [2.24, 2.45) is 45.4 Å². The number of fused-ring (bicyclic) bond motifs is 5. The van der Waals surface area contributed by atoms with Gasteiger partial charge in [0.1, 0.15) is 0 Å². The lowest BCUT2D eigenvalue weighted by Gasteiger charge is -2.63. The molecule has 1 aromatic rings. The van der Waals surface area contributed by atoms with E-state index in [4.69, 9.17) is 4.74 Å². The molecule has 0 aromatic carbocycles. The van der Waals surface area contributed by atoms with Gasteiger partial charge in [0.25, 0.3) is 0 Å². The average Bonchev–Trinajstić information content (AvgIpc) is 3.37. The average molecular weight is 486 g/mol. The fourth-order valence-electron chi connectivity index (χ4n) is 9.71. The number of nitrogens with zero attached hydrogens (tertiary/aromatic N) is 3. The molecule has 0 unspecified atom stereocenters. The molecule has 0 bridgehead atoms. The lowest BCUT2D eigenvalue weighted by molar-refractivity contribution is -0.187. The van der Waals surface area contributed by atoms with Crippen LogP contribution in [0.5, 0.6) is 0 Å². The third-order valence-corrected chi connectivity index (χ3v) is 11.7. The molecule has 5 rings (SSSR count). The van der Waals surface area contributed by atoms with Crippen molar-refractivity contribution in [3.8, 4) is 0 Å². The van der Waals surface area contributed by atoms with Gasteiger partial charge >= 0.3 is 0 Å². The van der Waals surface area contributed by atoms with Crippen LogP contribution >= 0.6 is 0 Å². The third kappa shape index (κ3) is 3.93. The van der Waals surface area contributed by atoms with Crippen LogP contribution in [0.4, 0.5) is 0 Å². The molecule has 4 fully saturated rings. The van der Waals surface area contributed by atoms with Crippen LogP contribution < -0.4 is 0 Å². The van der Waals surface area contributed by atoms with Crippen molar-refractivity contribution in [2.75, 3.05) is 20.8 Å². The van der Waals surface area contributed by atoms with E-state index in [9.17, 15) is 10.2 Å². The Hall–Kier alpha value is -1.24. The first kappa shape index (κ1) is 25.4. The van der Waals surface area contributed by atoms with Crippen molar-refractivity contribution < 1.29 is 14.9 Å². The van der Waals surface area contributed by atoms with E-state index in [0.29, 0.717) is 35.7 Å². The number of aromatic nitrogens is 2. The Bertz CT molecular complexity index is 947. The molecular formula is C29H47N3O3. The maximum Gasteiger partial charge on any atom is 0.0883 e. The molecule has 0 saturated heterocycles. The number of ether oxygens (including phenoxy) is 1. The van der Waals surface area contributed by atoms with Gasteiger partial charge in [-0.1, -0.05) is 20.8 Å². The number of aliphatic hydroxyl groups is 2. The first-order valence-corrected chi connectivity index (χ1v) is 14.0. The van der Waals surface area contributed by atoms with Gasteiger partial charge < -0.3 is 14.9 Å². The summed E-state index contributed by atoms with van der Waals surface area (Å²) in [6, 6.07) is 0. The highest BCUT2D eigenvalue weighted by Crippen LogP contribution is 2.69. The van der Waals surface area contributed by atoms with E-state index in [1.54, 1.807) is 14.2 Å². The largest absolute Gasteiger partial charge is 0.389 e. The van der Waals surface area contributed by atoms with Crippen LogP contribution in [0.15, 0.2) is 17.4 Å². The number of rotatable bonds is 6. The maximum absolute atomic E-state index is 12.3. The molecule has 1 heterocycles. The van der Waals surface area contributed by atoms with Gasteiger partial charge in [-0.2, -0.15) is 5.10 Å². The molecule has 1 aromatic heterocycles. The summed E-state index contributed by atoms with van der Waals surface area (Å²) in [6.07, 6.45) is 15.4. The van der Waals surface area contributed by atoms with Crippen LogP contribution in [0.25, 0.3) is 0 Å². The van der Waals surface area contributed by atoms with Crippen molar-refractivity contribution in [3.05, 3.63) is 18.0 Å². The second-order valence-electron chi connectivity index (χ2n) is 13.2. The quantitative estimate of drug-likeness (QED) is 0.572. The molecule has 0 amide bonds. The summed E-state index contributed by atoms with van der Waals surface area (Å²) >= 11 is 0. The Labute approximate surface area is 211 Å². The van der Waals surface area contributed by atoms with Gasteiger partial charge in [-0.05, 0) is 92.3 Å². The standard InChI is InChI=1S/C29H47N3O3/c1-20(17-32-18-21(15-30-4)16-31-32)29(34)11-9-25-23-7-6-22-14-28(33,19-35-5)13-12-26(22,2)24(23)8-10-27(25,29)3/h15-16,18,20,22-25,33-34H,6-14,17,19H2,1-5H3/b30-15-/t20-,22+,23+,24-,25-,26-,27-,28+,29-/m0/s1. The second kappa shape index (κ2) is 8.95. The molecule has 0 radical (unpaired) electrons. The van der Waals surface area contributed by atoms with Gasteiger partial charge in [0.15, 0.2) is 0 Å². The fraction of sp³-hybridized carbons (Fsp3) is 0.862. The van der Waals surface area contributed by atoms with Crippen LogP contribution in [0.2, 0.25) is 0 Å². The summed E-state index contributed by atoms with van der Waals surface area (Å²) in [5.74, 6) is 2.73. The summed E-state index contributed by atoms with van der Waals surface area (Å²) in [7, 11) is 3.48. The van der Waals surface area contributed by atoms with Crippen molar-refractivity contribution in [2.45, 2.75) is 96.3 Å². The first-order chi connectivity index (χ1) is 16.6. The van der Waals surface area contributed by atoms with Crippen LogP contribution in [-0.2, 0) is 11.3 Å². The zero-order chi connectivity index (χ0) is 25.1. The van der Waals surface area contributed by atoms with Crippen LogP contribution in [0.1, 0.15) is 84.1 Å². The highest BCUT2D eigenvalue weighted by atomic mass is 16.5. The predicted octanol–water partition coefficient (Wildman–Crippen LogP) is 4.72. The van der Waals surface area contributed by atoms with Crippen molar-refractivity contribution in [1.82, 2.24) is 9.78 Å². The summed E-state index contributed by atoms with van der Waals surface area (Å²) in [5, 5.41) is 27.9. The summed E-state index contributed by atoms with van der Waals surface area (Å²) < 4.78 is 7.37. The number of aliphatic imine (C=N–C) groups is 1. The molecule has 4 saturated carbocycles. The van der Waals surface area contributed by atoms with Crippen molar-refractivity contribution >= 4 is 6.21 Å². The van der Waals surface area contributed by atoms with Crippen molar-refractivity contribution in [1.29, 1.82) is 0 Å². The second-order valence-corrected chi connectivity index (χ2v) is 13.2. The zero-order valence-electron chi connectivity index (χ0n) is 22.5. The smallest absolute Gasteiger partial charge is 0.0883 e. The topological polar surface area (TPSA) is 79.9 Å². The summed E-state index contributed by atoms with van der Waals surface area (Å²) in [6.45, 7) is 8.36. The zero-order valence-corrected chi connectivity index (χ0v) is 22.5. The maximum atomic E-state index is 12.3. The van der Waals surface area contributed by atoms with E-state index in [1.807, 2.05) is 23.3 Å². The first-order valence-electron chi connectivity index (χ1n) is 14.0. The Morgan fingerprint density at radius 1 is 1.14 bits per heavy atom. The summed E-state index contributed by atoms with van der Waals surface area (Å²) in [4.78, 5) is 4.10. The van der Waals surface area contributed by atoms with Gasteiger partial charge in [0, 0.05) is 44.6 Å². The molecule has 0 spiro atoms. The van der Waals surface area contributed by atoms with Gasteiger partial charge in [-0.25, -0.2) is 0 Å². The van der Waals surface area contributed by atoms with Gasteiger partial charge in [-0.3, -0.25) is 9.67 Å². The van der Waals surface area contributed by atoms with E-state index in [1.165, 1.54) is 19.3 Å². The molecule has 4 aliphatic rings. The molecule has 9 atom stereocenters. The van der Waals surface area contributed by atoms with E-state index in [-0.39, 0.29) is 11.3 Å². The Morgan fingerprint density at radius 3 is 2.66 bits per heavy atom. The van der Waals surface area contributed by atoms with Crippen LogP contribution in [-0.4, -0.2) is 58.2 Å². The fourth-order valence-corrected chi connectivity index (χ4v) is 9.71. The SMILES string of the molecule is C/N=C\c1cnn(C[C@H](C)[C@@]2(O)CC[C@H]3[C@@H]4CC[C@@H]5C[C@@](O)(COC)CC[C@]5(C)[C@H]4CC[C@@]32C)c1. The van der Waals surface area contributed by atoms with E-state index in [2.05, 4.69) is 30.9 Å². The predicted molar refractivity (Wildman–Crippen MR) is 138 cm³/mol. The third-order valence-electron chi connectivity index (χ3n) is 11.7. The molecule has 6 heteroatoms. The molecule has 0 aliphatic heterocycles. The van der Waals surface area contributed by atoms with Gasteiger partial charge in [0.2, 0.25) is 0 Å². The van der Waals surface area contributed by atoms with E-state index < -0.39 is 11.2 Å². The minimum absolute atomic E-state index is 0.0386. The highest BCUT2D eigenvalue weighted by Gasteiger charge is 2.66. The lowest BCUT2D eigenvalue weighted by atomic mass is 9.43. The Kier molecular flexibility index (Phi) is 6.50. The molecular weight excluding hydrogens is 438 g/mol. The molecule has 35 heavy (non-hydrogen) atoms. The number of hydrogen-bond acceptors (Lipinski definition) is 5. The summed E-state index contributed by atoms with van der Waals surface area (Å²) in [5.41, 5.74) is -0.0202. The Balaban J connectivity index is 1.33. The van der Waals surface area contributed by atoms with Gasteiger partial charge in [0.05, 0.1) is 24.0 Å². The van der Waals surface area contributed by atoms with Crippen LogP contribution in [0.3, 0.4) is 0 Å². The minimum Gasteiger partial charge on any atom is -0.389 e. The number of hydrogen-bond donors (Lipinski definition) is 2. The van der Waals surface area contributed by atoms with Crippen LogP contribution in [0, 0.1) is 40.4 Å². The van der Waals surface area contributed by atoms with E-state index in [0.717, 1.165) is 50.6 Å². The normalized spacial score (nSPS) is 46.3. The molecule has 2 N–H and O–H groups in total.